The summed E-state index contributed by atoms with van der Waals surface area (Å²) >= 11 is 1.49. The first-order chi connectivity index (χ1) is 12.9. The van der Waals surface area contributed by atoms with E-state index in [9.17, 15) is 14.4 Å². The molecule has 2 fully saturated rings. The molecule has 1 unspecified atom stereocenters. The Labute approximate surface area is 161 Å². The summed E-state index contributed by atoms with van der Waals surface area (Å²) in [6.45, 7) is 8.54. The van der Waals surface area contributed by atoms with Crippen LogP contribution in [0.3, 0.4) is 0 Å². The highest BCUT2D eigenvalue weighted by Crippen LogP contribution is 2.41. The molecule has 27 heavy (non-hydrogen) atoms. The number of nitrogens with one attached hydrogen (secondary N) is 1. The Morgan fingerprint density at radius 2 is 2.00 bits per heavy atom. The summed E-state index contributed by atoms with van der Waals surface area (Å²) in [6, 6.07) is -0.0474. The van der Waals surface area contributed by atoms with E-state index in [1.807, 2.05) is 6.92 Å². The average Bonchev–Trinajstić information content (AvgIpc) is 3.04. The number of carbonyl (C=O) groups excluding carboxylic acids is 1. The Hall–Kier alpha value is -2.09. The second-order valence-electron chi connectivity index (χ2n) is 7.73. The molecule has 2 aromatic heterocycles. The van der Waals surface area contributed by atoms with Crippen molar-refractivity contribution in [1.29, 1.82) is 0 Å². The fourth-order valence-corrected chi connectivity index (χ4v) is 5.20. The predicted octanol–water partition coefficient (Wildman–Crippen LogP) is 2.44. The molecule has 0 aromatic carbocycles. The van der Waals surface area contributed by atoms with Crippen molar-refractivity contribution in [2.75, 3.05) is 13.1 Å². The molecule has 3 heterocycles. The lowest BCUT2D eigenvalue weighted by atomic mass is 10.2. The van der Waals surface area contributed by atoms with Crippen LogP contribution < -0.4 is 16.6 Å². The fraction of sp³-hybridized carbons (Fsp3) is 0.632. The molecule has 7 nitrogen and oxygen atoms in total. The van der Waals surface area contributed by atoms with Gasteiger partial charge in [0, 0.05) is 30.6 Å². The molecule has 0 radical (unpaired) electrons. The number of fused-ring (bicyclic) bond motifs is 1. The van der Waals surface area contributed by atoms with Crippen molar-refractivity contribution in [1.82, 2.24) is 19.4 Å². The van der Waals surface area contributed by atoms with Crippen LogP contribution in [0.15, 0.2) is 9.59 Å². The fourth-order valence-electron chi connectivity index (χ4n) is 3.86. The van der Waals surface area contributed by atoms with Gasteiger partial charge in [-0.25, -0.2) is 9.59 Å². The molecule has 2 atom stereocenters. The molecule has 1 saturated heterocycles. The van der Waals surface area contributed by atoms with E-state index in [0.717, 1.165) is 34.5 Å². The van der Waals surface area contributed by atoms with Crippen molar-refractivity contribution in [2.45, 2.75) is 59.2 Å². The lowest BCUT2D eigenvalue weighted by Crippen LogP contribution is -2.39. The molecule has 1 saturated carbocycles. The van der Waals surface area contributed by atoms with Gasteiger partial charge < -0.3 is 10.2 Å². The minimum absolute atomic E-state index is 0.0226. The minimum atomic E-state index is -0.179. The third kappa shape index (κ3) is 2.99. The van der Waals surface area contributed by atoms with Crippen LogP contribution >= 0.6 is 11.3 Å². The second-order valence-corrected chi connectivity index (χ2v) is 8.81. The van der Waals surface area contributed by atoms with E-state index in [1.165, 1.54) is 15.9 Å². The molecule has 1 aliphatic carbocycles. The van der Waals surface area contributed by atoms with Gasteiger partial charge >= 0.3 is 11.7 Å². The molecule has 8 heteroatoms. The Balaban J connectivity index is 1.88. The molecule has 2 amide bonds. The van der Waals surface area contributed by atoms with Crippen LogP contribution in [0.1, 0.15) is 49.6 Å². The normalized spacial score (nSPS) is 21.9. The molecule has 2 aromatic rings. The van der Waals surface area contributed by atoms with Crippen molar-refractivity contribution >= 4 is 27.6 Å². The van der Waals surface area contributed by atoms with E-state index in [0.29, 0.717) is 37.5 Å². The van der Waals surface area contributed by atoms with Gasteiger partial charge in [0.05, 0.1) is 11.9 Å². The van der Waals surface area contributed by atoms with Crippen LogP contribution in [-0.2, 0) is 13.1 Å². The van der Waals surface area contributed by atoms with Crippen LogP contribution in [0.5, 0.6) is 0 Å². The molecule has 4 rings (SSSR count). The van der Waals surface area contributed by atoms with Gasteiger partial charge in [-0.2, -0.15) is 0 Å². The van der Waals surface area contributed by atoms with E-state index in [2.05, 4.69) is 19.2 Å². The van der Waals surface area contributed by atoms with E-state index in [4.69, 9.17) is 0 Å². The highest BCUT2D eigenvalue weighted by molar-refractivity contribution is 7.18. The second kappa shape index (κ2) is 6.82. The molecular formula is C19H26N4O3S. The van der Waals surface area contributed by atoms with Gasteiger partial charge in [-0.3, -0.25) is 13.9 Å². The zero-order valence-corrected chi connectivity index (χ0v) is 16.9. The largest absolute Gasteiger partial charge is 0.336 e. The Bertz CT molecular complexity index is 1020. The standard InChI is InChI=1S/C19H26N4O3S/c1-4-5-7-22-17-15(16(24)23(19(22)26)13-9-11(13)2)12(3)14(27-17)10-21-8-6-20-18(21)25/h11,13H,4-10H2,1-3H3,(H,20,25)/t11-,13?/m0/s1. The summed E-state index contributed by atoms with van der Waals surface area (Å²) in [4.78, 5) is 41.7. The number of aryl methyl sites for hydroxylation is 2. The zero-order valence-electron chi connectivity index (χ0n) is 16.1. The summed E-state index contributed by atoms with van der Waals surface area (Å²) in [5.74, 6) is 0.374. The van der Waals surface area contributed by atoms with Crippen molar-refractivity contribution in [3.63, 3.8) is 0 Å². The highest BCUT2D eigenvalue weighted by Gasteiger charge is 2.38. The molecule has 0 spiro atoms. The van der Waals surface area contributed by atoms with Crippen molar-refractivity contribution in [2.24, 2.45) is 5.92 Å². The van der Waals surface area contributed by atoms with E-state index < -0.39 is 0 Å². The first-order valence-electron chi connectivity index (χ1n) is 9.74. The van der Waals surface area contributed by atoms with Gasteiger partial charge in [0.25, 0.3) is 5.56 Å². The Morgan fingerprint density at radius 1 is 1.26 bits per heavy atom. The first-order valence-corrected chi connectivity index (χ1v) is 10.6. The Kier molecular flexibility index (Phi) is 4.61. The van der Waals surface area contributed by atoms with Gasteiger partial charge in [0.1, 0.15) is 4.83 Å². The lowest BCUT2D eigenvalue weighted by Gasteiger charge is -2.12. The quantitative estimate of drug-likeness (QED) is 0.823. The van der Waals surface area contributed by atoms with Gasteiger partial charge in [-0.05, 0) is 31.2 Å². The highest BCUT2D eigenvalue weighted by atomic mass is 32.1. The van der Waals surface area contributed by atoms with Gasteiger partial charge in [0.2, 0.25) is 0 Å². The van der Waals surface area contributed by atoms with Gasteiger partial charge in [0.15, 0.2) is 0 Å². The van der Waals surface area contributed by atoms with Crippen molar-refractivity contribution in [3.05, 3.63) is 31.3 Å². The number of urea groups is 1. The predicted molar refractivity (Wildman–Crippen MR) is 107 cm³/mol. The average molecular weight is 391 g/mol. The van der Waals surface area contributed by atoms with Crippen LogP contribution in [0.2, 0.25) is 0 Å². The summed E-state index contributed by atoms with van der Waals surface area (Å²) in [6.07, 6.45) is 2.77. The number of rotatable bonds is 6. The van der Waals surface area contributed by atoms with Crippen LogP contribution in [0.25, 0.3) is 10.2 Å². The number of carbonyl (C=O) groups is 1. The van der Waals surface area contributed by atoms with Crippen molar-refractivity contribution < 1.29 is 4.79 Å². The van der Waals surface area contributed by atoms with Gasteiger partial charge in [-0.15, -0.1) is 11.3 Å². The molecule has 1 N–H and O–H groups in total. The lowest BCUT2D eigenvalue weighted by molar-refractivity contribution is 0.216. The molecule has 1 aliphatic heterocycles. The van der Waals surface area contributed by atoms with Crippen molar-refractivity contribution in [3.8, 4) is 0 Å². The number of hydrogen-bond acceptors (Lipinski definition) is 4. The smallest absolute Gasteiger partial charge is 0.332 e. The summed E-state index contributed by atoms with van der Waals surface area (Å²) in [7, 11) is 0. The minimum Gasteiger partial charge on any atom is -0.336 e. The maximum absolute atomic E-state index is 13.2. The number of nitrogens with zero attached hydrogens (tertiary/aromatic N) is 3. The number of amides is 2. The molecular weight excluding hydrogens is 364 g/mol. The maximum atomic E-state index is 13.2. The summed E-state index contributed by atoms with van der Waals surface area (Å²) in [5.41, 5.74) is 0.567. The van der Waals surface area contributed by atoms with Crippen LogP contribution in [0, 0.1) is 12.8 Å². The maximum Gasteiger partial charge on any atom is 0.332 e. The Morgan fingerprint density at radius 3 is 2.59 bits per heavy atom. The number of thiophene rings is 1. The zero-order chi connectivity index (χ0) is 19.3. The summed E-state index contributed by atoms with van der Waals surface area (Å²) < 4.78 is 3.27. The van der Waals surface area contributed by atoms with Crippen LogP contribution in [0.4, 0.5) is 4.79 Å². The number of unbranched alkanes of at least 4 members (excludes halogenated alkanes) is 1. The third-order valence-corrected chi connectivity index (χ3v) is 7.05. The van der Waals surface area contributed by atoms with E-state index in [-0.39, 0.29) is 23.3 Å². The van der Waals surface area contributed by atoms with E-state index in [1.54, 1.807) is 9.47 Å². The van der Waals surface area contributed by atoms with E-state index >= 15 is 0 Å². The molecule has 146 valence electrons. The SMILES string of the molecule is CCCCn1c(=O)n(C2C[C@@H]2C)c(=O)c2c(C)c(CN3CCNC3=O)sc21. The third-order valence-electron chi connectivity index (χ3n) is 5.76. The first kappa shape index (κ1) is 18.3. The number of hydrogen-bond donors (Lipinski definition) is 1. The monoisotopic (exact) mass is 390 g/mol. The number of aromatic nitrogens is 2. The van der Waals surface area contributed by atoms with Gasteiger partial charge in [-0.1, -0.05) is 20.3 Å². The molecule has 2 aliphatic rings. The topological polar surface area (TPSA) is 76.3 Å². The molecule has 0 bridgehead atoms. The summed E-state index contributed by atoms with van der Waals surface area (Å²) in [5, 5.41) is 3.47. The van der Waals surface area contributed by atoms with Crippen LogP contribution in [-0.4, -0.2) is 33.2 Å².